The molecule has 8 nitrogen and oxygen atoms in total. The van der Waals surface area contributed by atoms with Crippen molar-refractivity contribution in [1.82, 2.24) is 24.7 Å². The molecule has 2 rings (SSSR count). The Labute approximate surface area is 102 Å². The molecular weight excluding hydrogens is 240 g/mol. The lowest BCUT2D eigenvalue weighted by atomic mass is 10.6. The summed E-state index contributed by atoms with van der Waals surface area (Å²) >= 11 is 1.34. The van der Waals surface area contributed by atoms with Gasteiger partial charge in [0.05, 0.1) is 0 Å². The van der Waals surface area contributed by atoms with Crippen molar-refractivity contribution in [3.63, 3.8) is 0 Å². The maximum absolute atomic E-state index is 5.56. The fourth-order valence-electron chi connectivity index (χ4n) is 1.14. The van der Waals surface area contributed by atoms with Gasteiger partial charge in [0.1, 0.15) is 16.7 Å². The van der Waals surface area contributed by atoms with E-state index in [9.17, 15) is 0 Å². The largest absolute Gasteiger partial charge is 0.368 e. The summed E-state index contributed by atoms with van der Waals surface area (Å²) in [6, 6.07) is 1.69. The lowest BCUT2D eigenvalue weighted by molar-refractivity contribution is 0.764. The highest BCUT2D eigenvalue weighted by molar-refractivity contribution is 7.99. The highest BCUT2D eigenvalue weighted by Gasteiger charge is 2.09. The molecule has 17 heavy (non-hydrogen) atoms. The molecule has 5 N–H and O–H groups in total. The number of anilines is 2. The number of rotatable bonds is 3. The van der Waals surface area contributed by atoms with Gasteiger partial charge < -0.3 is 15.7 Å². The van der Waals surface area contributed by atoms with Gasteiger partial charge in [0.15, 0.2) is 5.16 Å². The van der Waals surface area contributed by atoms with Crippen LogP contribution in [0.3, 0.4) is 0 Å². The number of nitrogens with zero attached hydrogens (tertiary/aromatic N) is 5. The molecule has 0 aromatic carbocycles. The number of nitrogens with one attached hydrogen (secondary N) is 1. The molecule has 0 unspecified atom stereocenters. The van der Waals surface area contributed by atoms with E-state index in [-0.39, 0.29) is 5.95 Å². The van der Waals surface area contributed by atoms with Crippen LogP contribution in [-0.2, 0) is 7.05 Å². The number of hydrazine groups is 1. The molecule has 2 heterocycles. The predicted molar refractivity (Wildman–Crippen MR) is 64.1 cm³/mol. The smallest absolute Gasteiger partial charge is 0.223 e. The molecule has 0 radical (unpaired) electrons. The summed E-state index contributed by atoms with van der Waals surface area (Å²) in [7, 11) is 1.88. The minimum absolute atomic E-state index is 0.154. The van der Waals surface area contributed by atoms with Gasteiger partial charge in [-0.3, -0.25) is 0 Å². The van der Waals surface area contributed by atoms with Crippen LogP contribution in [0.4, 0.5) is 11.8 Å². The number of hydrogen-bond acceptors (Lipinski definition) is 8. The van der Waals surface area contributed by atoms with E-state index in [1.807, 2.05) is 18.5 Å². The SMILES string of the molecule is Cc1nnc(Sc2cc(NN)nc(N)n2)n1C. The van der Waals surface area contributed by atoms with Crippen molar-refractivity contribution in [2.45, 2.75) is 17.1 Å². The van der Waals surface area contributed by atoms with E-state index < -0.39 is 0 Å². The minimum atomic E-state index is 0.154. The van der Waals surface area contributed by atoms with Crippen LogP contribution < -0.4 is 17.0 Å². The Morgan fingerprint density at radius 3 is 2.71 bits per heavy atom. The Bertz CT molecular complexity index is 536. The third-order valence-electron chi connectivity index (χ3n) is 2.12. The van der Waals surface area contributed by atoms with Crippen LogP contribution in [0.1, 0.15) is 5.82 Å². The Morgan fingerprint density at radius 2 is 2.12 bits per heavy atom. The zero-order valence-corrected chi connectivity index (χ0v) is 10.2. The summed E-state index contributed by atoms with van der Waals surface area (Å²) in [5.74, 6) is 6.71. The van der Waals surface area contributed by atoms with Gasteiger partial charge in [-0.2, -0.15) is 4.98 Å². The lowest BCUT2D eigenvalue weighted by Crippen LogP contribution is -2.10. The zero-order chi connectivity index (χ0) is 12.4. The number of hydrogen-bond donors (Lipinski definition) is 3. The Balaban J connectivity index is 2.29. The van der Waals surface area contributed by atoms with E-state index in [0.717, 1.165) is 11.0 Å². The highest BCUT2D eigenvalue weighted by Crippen LogP contribution is 2.25. The molecule has 0 spiro atoms. The van der Waals surface area contributed by atoms with E-state index in [1.54, 1.807) is 6.07 Å². The lowest BCUT2D eigenvalue weighted by Gasteiger charge is -2.04. The van der Waals surface area contributed by atoms with Crippen LogP contribution in [0.25, 0.3) is 0 Å². The monoisotopic (exact) mass is 252 g/mol. The molecule has 0 bridgehead atoms. The van der Waals surface area contributed by atoms with Crippen LogP contribution >= 0.6 is 11.8 Å². The molecule has 0 aliphatic heterocycles. The number of aromatic nitrogens is 5. The summed E-state index contributed by atoms with van der Waals surface area (Å²) in [5, 5.41) is 9.35. The van der Waals surface area contributed by atoms with Crippen molar-refractivity contribution in [2.75, 3.05) is 11.2 Å². The van der Waals surface area contributed by atoms with Crippen LogP contribution in [0.2, 0.25) is 0 Å². The Kier molecular flexibility index (Phi) is 3.11. The quantitative estimate of drug-likeness (QED) is 0.394. The Morgan fingerprint density at radius 1 is 1.35 bits per heavy atom. The highest BCUT2D eigenvalue weighted by atomic mass is 32.2. The van der Waals surface area contributed by atoms with Crippen molar-refractivity contribution in [2.24, 2.45) is 12.9 Å². The van der Waals surface area contributed by atoms with E-state index >= 15 is 0 Å². The molecule has 0 aliphatic carbocycles. The van der Waals surface area contributed by atoms with Crippen molar-refractivity contribution in [3.8, 4) is 0 Å². The van der Waals surface area contributed by atoms with Crippen LogP contribution in [0, 0.1) is 6.92 Å². The normalized spacial score (nSPS) is 10.5. The van der Waals surface area contributed by atoms with Crippen molar-refractivity contribution in [1.29, 1.82) is 0 Å². The summed E-state index contributed by atoms with van der Waals surface area (Å²) in [5.41, 5.74) is 7.98. The van der Waals surface area contributed by atoms with Gasteiger partial charge in [0.25, 0.3) is 0 Å². The standard InChI is InChI=1S/C8H12N8S/c1-4-14-15-8(16(4)2)17-6-3-5(13-10)11-7(9)12-6/h3H,10H2,1-2H3,(H3,9,11,12,13). The van der Waals surface area contributed by atoms with E-state index in [4.69, 9.17) is 11.6 Å². The molecule has 0 atom stereocenters. The van der Waals surface area contributed by atoms with E-state index in [0.29, 0.717) is 10.8 Å². The maximum Gasteiger partial charge on any atom is 0.223 e. The second-order valence-corrected chi connectivity index (χ2v) is 4.27. The molecule has 90 valence electrons. The van der Waals surface area contributed by atoms with Crippen molar-refractivity contribution >= 4 is 23.5 Å². The zero-order valence-electron chi connectivity index (χ0n) is 9.38. The van der Waals surface area contributed by atoms with Gasteiger partial charge >= 0.3 is 0 Å². The van der Waals surface area contributed by atoms with Crippen LogP contribution in [0.15, 0.2) is 16.2 Å². The fraction of sp³-hybridized carbons (Fsp3) is 0.250. The summed E-state index contributed by atoms with van der Waals surface area (Å²) in [6.07, 6.45) is 0. The molecular formula is C8H12N8S. The van der Waals surface area contributed by atoms with Crippen molar-refractivity contribution in [3.05, 3.63) is 11.9 Å². The third kappa shape index (κ3) is 2.45. The molecule has 2 aromatic heterocycles. The average Bonchev–Trinajstić information content (AvgIpc) is 2.60. The molecule has 2 aromatic rings. The molecule has 0 fully saturated rings. The molecule has 0 aliphatic rings. The van der Waals surface area contributed by atoms with Crippen LogP contribution in [-0.4, -0.2) is 24.7 Å². The first-order chi connectivity index (χ1) is 8.10. The van der Waals surface area contributed by atoms with Gasteiger partial charge in [0.2, 0.25) is 5.95 Å². The summed E-state index contributed by atoms with van der Waals surface area (Å²) in [6.45, 7) is 1.87. The maximum atomic E-state index is 5.56. The number of aryl methyl sites for hydroxylation is 1. The fourth-order valence-corrected chi connectivity index (χ4v) is 1.99. The van der Waals surface area contributed by atoms with Gasteiger partial charge in [-0.05, 0) is 18.7 Å². The van der Waals surface area contributed by atoms with Crippen LogP contribution in [0.5, 0.6) is 0 Å². The minimum Gasteiger partial charge on any atom is -0.368 e. The molecule has 9 heteroatoms. The third-order valence-corrected chi connectivity index (χ3v) is 3.07. The van der Waals surface area contributed by atoms with E-state index in [1.165, 1.54) is 11.8 Å². The first kappa shape index (κ1) is 11.6. The Hall–Kier alpha value is -1.87. The molecule has 0 amide bonds. The number of nitrogen functional groups attached to an aromatic ring is 2. The second kappa shape index (κ2) is 4.55. The first-order valence-corrected chi connectivity index (χ1v) is 5.57. The molecule has 0 saturated carbocycles. The van der Waals surface area contributed by atoms with Gasteiger partial charge in [-0.1, -0.05) is 0 Å². The predicted octanol–water partition coefficient (Wildman–Crippen LogP) is -0.0675. The van der Waals surface area contributed by atoms with Gasteiger partial charge in [-0.25, -0.2) is 10.8 Å². The van der Waals surface area contributed by atoms with Crippen molar-refractivity contribution < 1.29 is 0 Å². The average molecular weight is 252 g/mol. The molecule has 0 saturated heterocycles. The topological polar surface area (TPSA) is 121 Å². The second-order valence-electron chi connectivity index (χ2n) is 3.28. The first-order valence-electron chi connectivity index (χ1n) is 4.75. The van der Waals surface area contributed by atoms with Gasteiger partial charge in [0, 0.05) is 13.1 Å². The summed E-state index contributed by atoms with van der Waals surface area (Å²) in [4.78, 5) is 7.98. The number of nitrogens with two attached hydrogens (primary N) is 2. The van der Waals surface area contributed by atoms with E-state index in [2.05, 4.69) is 25.6 Å². The van der Waals surface area contributed by atoms with Gasteiger partial charge in [-0.15, -0.1) is 10.2 Å². The summed E-state index contributed by atoms with van der Waals surface area (Å²) < 4.78 is 1.86.